The van der Waals surface area contributed by atoms with E-state index in [0.717, 1.165) is 31.5 Å². The zero-order chi connectivity index (χ0) is 18.7. The second-order valence-electron chi connectivity index (χ2n) is 7.62. The Hall–Kier alpha value is -2.20. The number of aromatic nitrogens is 1. The molecule has 2 aromatic rings. The topological polar surface area (TPSA) is 42.4 Å². The van der Waals surface area contributed by atoms with E-state index in [4.69, 9.17) is 4.74 Å². The van der Waals surface area contributed by atoms with Crippen molar-refractivity contribution in [3.63, 3.8) is 0 Å². The second kappa shape index (κ2) is 7.58. The van der Waals surface area contributed by atoms with Gasteiger partial charge in [0.1, 0.15) is 5.60 Å². The number of likely N-dealkylation sites (tertiary alicyclic amines) is 1. The fourth-order valence-electron chi connectivity index (χ4n) is 3.43. The van der Waals surface area contributed by atoms with Gasteiger partial charge in [-0.2, -0.15) is 0 Å². The van der Waals surface area contributed by atoms with E-state index in [-0.39, 0.29) is 11.9 Å². The van der Waals surface area contributed by atoms with E-state index in [1.165, 1.54) is 16.7 Å². The molecule has 0 N–H and O–H groups in total. The van der Waals surface area contributed by atoms with Gasteiger partial charge in [0.25, 0.3) is 5.91 Å². The van der Waals surface area contributed by atoms with Gasteiger partial charge in [-0.3, -0.25) is 9.78 Å². The number of aryl methyl sites for hydroxylation is 1. The molecule has 0 aliphatic carbocycles. The van der Waals surface area contributed by atoms with Crippen molar-refractivity contribution in [2.24, 2.45) is 0 Å². The molecule has 1 atom stereocenters. The summed E-state index contributed by atoms with van der Waals surface area (Å²) >= 11 is 0. The van der Waals surface area contributed by atoms with E-state index in [1.807, 2.05) is 24.9 Å². The molecule has 0 spiro atoms. The molecule has 1 amide bonds. The first kappa shape index (κ1) is 18.6. The van der Waals surface area contributed by atoms with Crippen LogP contribution in [0, 0.1) is 6.92 Å². The fourth-order valence-corrected chi connectivity index (χ4v) is 3.43. The highest BCUT2D eigenvalue weighted by Crippen LogP contribution is 2.33. The van der Waals surface area contributed by atoms with Crippen LogP contribution in [0.3, 0.4) is 0 Å². The molecule has 0 radical (unpaired) electrons. The number of benzene rings is 1. The Labute approximate surface area is 156 Å². The van der Waals surface area contributed by atoms with Crippen LogP contribution in [0.4, 0.5) is 0 Å². The summed E-state index contributed by atoms with van der Waals surface area (Å²) in [5, 5.41) is 0. The Balaban J connectivity index is 1.73. The van der Waals surface area contributed by atoms with Gasteiger partial charge in [-0.25, -0.2) is 0 Å². The van der Waals surface area contributed by atoms with E-state index in [9.17, 15) is 4.79 Å². The van der Waals surface area contributed by atoms with Crippen LogP contribution in [0.1, 0.15) is 55.1 Å². The van der Waals surface area contributed by atoms with Crippen LogP contribution in [0.5, 0.6) is 0 Å². The van der Waals surface area contributed by atoms with Crippen LogP contribution in [0.15, 0.2) is 42.6 Å². The number of carbonyl (C=O) groups excluding carboxylic acids is 1. The van der Waals surface area contributed by atoms with Gasteiger partial charge in [-0.1, -0.05) is 35.9 Å². The van der Waals surface area contributed by atoms with Crippen molar-refractivity contribution < 1.29 is 9.53 Å². The highest BCUT2D eigenvalue weighted by molar-refractivity contribution is 5.85. The SMILES string of the molecule is COC(C)(C)C(=O)N1CCC[C@@H]1c1ccc(Cc2ccc(C)cc2)cn1. The van der Waals surface area contributed by atoms with Crippen molar-refractivity contribution in [2.45, 2.75) is 51.7 Å². The second-order valence-corrected chi connectivity index (χ2v) is 7.62. The van der Waals surface area contributed by atoms with Gasteiger partial charge < -0.3 is 9.64 Å². The lowest BCUT2D eigenvalue weighted by Crippen LogP contribution is -2.46. The van der Waals surface area contributed by atoms with Crippen molar-refractivity contribution in [1.29, 1.82) is 0 Å². The molecule has 1 aliphatic rings. The van der Waals surface area contributed by atoms with Gasteiger partial charge in [0.2, 0.25) is 0 Å². The molecule has 0 bridgehead atoms. The molecule has 138 valence electrons. The van der Waals surface area contributed by atoms with Gasteiger partial charge in [0, 0.05) is 19.9 Å². The van der Waals surface area contributed by atoms with Crippen LogP contribution >= 0.6 is 0 Å². The summed E-state index contributed by atoms with van der Waals surface area (Å²) in [4.78, 5) is 19.4. The number of carbonyl (C=O) groups is 1. The summed E-state index contributed by atoms with van der Waals surface area (Å²) in [6, 6.07) is 12.8. The van der Waals surface area contributed by atoms with E-state index < -0.39 is 5.60 Å². The summed E-state index contributed by atoms with van der Waals surface area (Å²) in [5.74, 6) is 0.0352. The third kappa shape index (κ3) is 3.96. The number of nitrogens with zero attached hydrogens (tertiary/aromatic N) is 2. The smallest absolute Gasteiger partial charge is 0.254 e. The molecule has 0 unspecified atom stereocenters. The minimum atomic E-state index is -0.798. The Morgan fingerprint density at radius 2 is 1.88 bits per heavy atom. The lowest BCUT2D eigenvalue weighted by molar-refractivity contribution is -0.152. The molecule has 3 rings (SSSR count). The predicted octanol–water partition coefficient (Wildman–Crippen LogP) is 4.07. The minimum absolute atomic E-state index is 0.0352. The maximum absolute atomic E-state index is 12.8. The van der Waals surface area contributed by atoms with Crippen LogP contribution < -0.4 is 0 Å². The maximum atomic E-state index is 12.8. The number of hydrogen-bond donors (Lipinski definition) is 0. The first-order chi connectivity index (χ1) is 12.4. The predicted molar refractivity (Wildman–Crippen MR) is 103 cm³/mol. The molecule has 26 heavy (non-hydrogen) atoms. The van der Waals surface area contributed by atoms with Gasteiger partial charge in [-0.05, 0) is 57.2 Å². The molecule has 4 heteroatoms. The Kier molecular flexibility index (Phi) is 5.42. The molecule has 1 fully saturated rings. The van der Waals surface area contributed by atoms with Gasteiger partial charge in [0.15, 0.2) is 0 Å². The molecule has 4 nitrogen and oxygen atoms in total. The molecule has 1 aliphatic heterocycles. The number of amides is 1. The highest BCUT2D eigenvalue weighted by Gasteiger charge is 2.38. The largest absolute Gasteiger partial charge is 0.369 e. The van der Waals surface area contributed by atoms with Gasteiger partial charge in [0.05, 0.1) is 11.7 Å². The quantitative estimate of drug-likeness (QED) is 0.815. The van der Waals surface area contributed by atoms with E-state index in [0.29, 0.717) is 0 Å². The molecule has 0 saturated carbocycles. The zero-order valence-corrected chi connectivity index (χ0v) is 16.2. The van der Waals surface area contributed by atoms with E-state index in [1.54, 1.807) is 7.11 Å². The third-order valence-corrected chi connectivity index (χ3v) is 5.26. The van der Waals surface area contributed by atoms with Gasteiger partial charge in [-0.15, -0.1) is 0 Å². The van der Waals surface area contributed by atoms with Crippen LogP contribution in [-0.2, 0) is 16.0 Å². The van der Waals surface area contributed by atoms with E-state index >= 15 is 0 Å². The average Bonchev–Trinajstić information content (AvgIpc) is 3.13. The number of hydrogen-bond acceptors (Lipinski definition) is 3. The van der Waals surface area contributed by atoms with E-state index in [2.05, 4.69) is 48.3 Å². The number of rotatable bonds is 5. The van der Waals surface area contributed by atoms with Gasteiger partial charge >= 0.3 is 0 Å². The van der Waals surface area contributed by atoms with Crippen molar-refractivity contribution in [3.8, 4) is 0 Å². The van der Waals surface area contributed by atoms with Crippen molar-refractivity contribution >= 4 is 5.91 Å². The Morgan fingerprint density at radius 1 is 1.19 bits per heavy atom. The maximum Gasteiger partial charge on any atom is 0.254 e. The fraction of sp³-hybridized carbons (Fsp3) is 0.455. The third-order valence-electron chi connectivity index (χ3n) is 5.26. The Morgan fingerprint density at radius 3 is 2.50 bits per heavy atom. The lowest BCUT2D eigenvalue weighted by atomic mass is 10.0. The summed E-state index contributed by atoms with van der Waals surface area (Å²) in [6.07, 6.45) is 4.77. The normalized spacial score (nSPS) is 17.5. The molecular formula is C22H28N2O2. The van der Waals surface area contributed by atoms with Crippen molar-refractivity contribution in [1.82, 2.24) is 9.88 Å². The molecule has 1 aromatic carbocycles. The summed E-state index contributed by atoms with van der Waals surface area (Å²) in [6.45, 7) is 6.51. The van der Waals surface area contributed by atoms with Crippen molar-refractivity contribution in [3.05, 3.63) is 65.0 Å². The summed E-state index contributed by atoms with van der Waals surface area (Å²) < 4.78 is 5.38. The molecular weight excluding hydrogens is 324 g/mol. The van der Waals surface area contributed by atoms with Crippen LogP contribution in [0.2, 0.25) is 0 Å². The first-order valence-electron chi connectivity index (χ1n) is 9.27. The number of pyridine rings is 1. The average molecular weight is 352 g/mol. The molecule has 1 saturated heterocycles. The van der Waals surface area contributed by atoms with Crippen LogP contribution in [-0.4, -0.2) is 35.0 Å². The minimum Gasteiger partial charge on any atom is -0.369 e. The summed E-state index contributed by atoms with van der Waals surface area (Å²) in [5.41, 5.74) is 3.91. The first-order valence-corrected chi connectivity index (χ1v) is 9.27. The number of methoxy groups -OCH3 is 1. The van der Waals surface area contributed by atoms with Crippen molar-refractivity contribution in [2.75, 3.05) is 13.7 Å². The lowest BCUT2D eigenvalue weighted by Gasteiger charge is -2.32. The Bertz CT molecular complexity index is 751. The highest BCUT2D eigenvalue weighted by atomic mass is 16.5. The standard InChI is InChI=1S/C22H28N2O2/c1-16-7-9-17(10-8-16)14-18-11-12-19(23-15-18)20-6-5-13-24(20)21(25)22(2,3)26-4/h7-12,15,20H,5-6,13-14H2,1-4H3/t20-/m1/s1. The summed E-state index contributed by atoms with van der Waals surface area (Å²) in [7, 11) is 1.58. The van der Waals surface area contributed by atoms with Crippen LogP contribution in [0.25, 0.3) is 0 Å². The monoisotopic (exact) mass is 352 g/mol. The zero-order valence-electron chi connectivity index (χ0n) is 16.2. The molecule has 1 aromatic heterocycles. The molecule has 2 heterocycles. The number of ether oxygens (including phenoxy) is 1.